The number of benzene rings is 1. The number of nitrogens with zero attached hydrogens (tertiary/aromatic N) is 1. The van der Waals surface area contributed by atoms with Crippen LogP contribution in [0.4, 0.5) is 0 Å². The molecule has 0 fully saturated rings. The Morgan fingerprint density at radius 1 is 1.30 bits per heavy atom. The smallest absolute Gasteiger partial charge is 0.306 e. The van der Waals surface area contributed by atoms with Gasteiger partial charge in [-0.3, -0.25) is 9.78 Å². The zero-order valence-corrected chi connectivity index (χ0v) is 11.5. The lowest BCUT2D eigenvalue weighted by molar-refractivity contribution is -0.142. The van der Waals surface area contributed by atoms with Crippen LogP contribution in [0.2, 0.25) is 0 Å². The minimum atomic E-state index is -0.728. The third-order valence-electron chi connectivity index (χ3n) is 3.51. The molecule has 2 aromatic rings. The molecule has 20 heavy (non-hydrogen) atoms. The zero-order chi connectivity index (χ0) is 14.4. The van der Waals surface area contributed by atoms with Crippen LogP contribution in [0.3, 0.4) is 0 Å². The fourth-order valence-electron chi connectivity index (χ4n) is 2.38. The normalized spacial score (nSPS) is 12.4. The van der Waals surface area contributed by atoms with Gasteiger partial charge in [0.1, 0.15) is 0 Å². The number of pyridine rings is 1. The molecule has 0 radical (unpaired) electrons. The lowest BCUT2D eigenvalue weighted by Crippen LogP contribution is -2.17. The number of carbonyl (C=O) groups is 1. The maximum Gasteiger partial charge on any atom is 0.306 e. The highest BCUT2D eigenvalue weighted by Crippen LogP contribution is 2.19. The maximum atomic E-state index is 11.3. The molecule has 1 aromatic heterocycles. The van der Waals surface area contributed by atoms with Crippen molar-refractivity contribution in [1.82, 2.24) is 4.98 Å². The van der Waals surface area contributed by atoms with E-state index in [4.69, 9.17) is 5.73 Å². The van der Waals surface area contributed by atoms with Gasteiger partial charge in [0.05, 0.1) is 11.4 Å². The molecule has 0 saturated heterocycles. The molecule has 106 valence electrons. The number of nitrogens with two attached hydrogens (primary N) is 1. The van der Waals surface area contributed by atoms with Crippen molar-refractivity contribution in [2.75, 3.05) is 6.54 Å². The Balaban J connectivity index is 2.09. The highest BCUT2D eigenvalue weighted by atomic mass is 16.4. The fourth-order valence-corrected chi connectivity index (χ4v) is 2.38. The first-order valence-electron chi connectivity index (χ1n) is 6.97. The number of rotatable bonds is 7. The summed E-state index contributed by atoms with van der Waals surface area (Å²) in [6, 6.07) is 9.83. The molecule has 2 rings (SSSR count). The molecule has 1 atom stereocenters. The highest BCUT2D eigenvalue weighted by Gasteiger charge is 2.17. The number of carboxylic acids is 1. The number of hydrogen-bond donors (Lipinski definition) is 2. The van der Waals surface area contributed by atoms with Gasteiger partial charge in [0.25, 0.3) is 0 Å². The first-order chi connectivity index (χ1) is 9.70. The average Bonchev–Trinajstić information content (AvgIpc) is 2.46. The summed E-state index contributed by atoms with van der Waals surface area (Å²) in [6.45, 7) is 0.619. The van der Waals surface area contributed by atoms with Crippen LogP contribution in [0, 0.1) is 5.92 Å². The number of carboxylic acid groups (broad SMARTS) is 1. The molecule has 0 bridgehead atoms. The molecule has 1 aromatic carbocycles. The number of aromatic nitrogens is 1. The van der Waals surface area contributed by atoms with Gasteiger partial charge >= 0.3 is 5.97 Å². The molecule has 0 aliphatic heterocycles. The fraction of sp³-hybridized carbons (Fsp3) is 0.375. The molecule has 4 heteroatoms. The minimum absolute atomic E-state index is 0.337. The Labute approximate surface area is 118 Å². The summed E-state index contributed by atoms with van der Waals surface area (Å²) in [7, 11) is 0. The van der Waals surface area contributed by atoms with E-state index >= 15 is 0 Å². The summed E-state index contributed by atoms with van der Waals surface area (Å²) in [5, 5.41) is 10.4. The second kappa shape index (κ2) is 7.01. The Morgan fingerprint density at radius 3 is 2.90 bits per heavy atom. The van der Waals surface area contributed by atoms with Crippen LogP contribution in [0.25, 0.3) is 10.9 Å². The summed E-state index contributed by atoms with van der Waals surface area (Å²) in [5.74, 6) is -1.07. The quantitative estimate of drug-likeness (QED) is 0.760. The Morgan fingerprint density at radius 2 is 2.15 bits per heavy atom. The monoisotopic (exact) mass is 272 g/mol. The summed E-state index contributed by atoms with van der Waals surface area (Å²) in [4.78, 5) is 15.6. The summed E-state index contributed by atoms with van der Waals surface area (Å²) in [6.07, 6.45) is 4.74. The lowest BCUT2D eigenvalue weighted by Gasteiger charge is -2.12. The molecule has 1 heterocycles. The largest absolute Gasteiger partial charge is 0.481 e. The number of fused-ring (bicyclic) bond motifs is 1. The standard InChI is InChI=1S/C16H20N2O2/c17-8-2-1-4-14(16(19)20)11-12-6-7-15-13(10-12)5-3-9-18-15/h3,5-7,9-10,14H,1-2,4,8,11,17H2,(H,19,20). The number of hydrogen-bond acceptors (Lipinski definition) is 3. The van der Waals surface area contributed by atoms with E-state index in [-0.39, 0.29) is 5.92 Å². The number of unbranched alkanes of at least 4 members (excludes halogenated alkanes) is 1. The molecule has 4 nitrogen and oxygen atoms in total. The van der Waals surface area contributed by atoms with Gasteiger partial charge < -0.3 is 10.8 Å². The molecular weight excluding hydrogens is 252 g/mol. The average molecular weight is 272 g/mol. The van der Waals surface area contributed by atoms with E-state index in [2.05, 4.69) is 4.98 Å². The van der Waals surface area contributed by atoms with Gasteiger partial charge in [-0.2, -0.15) is 0 Å². The molecule has 0 saturated carbocycles. The van der Waals surface area contributed by atoms with Crippen molar-refractivity contribution >= 4 is 16.9 Å². The summed E-state index contributed by atoms with van der Waals surface area (Å²) >= 11 is 0. The number of aliphatic carboxylic acids is 1. The van der Waals surface area contributed by atoms with E-state index in [1.807, 2.05) is 30.3 Å². The predicted molar refractivity (Wildman–Crippen MR) is 79.5 cm³/mol. The van der Waals surface area contributed by atoms with Crippen molar-refractivity contribution in [3.63, 3.8) is 0 Å². The Kier molecular flexibility index (Phi) is 5.07. The third-order valence-corrected chi connectivity index (χ3v) is 3.51. The lowest BCUT2D eigenvalue weighted by atomic mass is 9.93. The first kappa shape index (κ1) is 14.5. The first-order valence-corrected chi connectivity index (χ1v) is 6.97. The van der Waals surface area contributed by atoms with Crippen LogP contribution in [-0.2, 0) is 11.2 Å². The van der Waals surface area contributed by atoms with Gasteiger partial charge in [0, 0.05) is 11.6 Å². The van der Waals surface area contributed by atoms with Crippen molar-refractivity contribution in [3.8, 4) is 0 Å². The highest BCUT2D eigenvalue weighted by molar-refractivity contribution is 5.79. The molecule has 0 spiro atoms. The van der Waals surface area contributed by atoms with Crippen LogP contribution >= 0.6 is 0 Å². The topological polar surface area (TPSA) is 76.2 Å². The Bertz CT molecular complexity index is 583. The summed E-state index contributed by atoms with van der Waals surface area (Å²) < 4.78 is 0. The molecule has 0 aliphatic rings. The van der Waals surface area contributed by atoms with Crippen LogP contribution < -0.4 is 5.73 Å². The van der Waals surface area contributed by atoms with Crippen molar-refractivity contribution in [3.05, 3.63) is 42.1 Å². The predicted octanol–water partition coefficient (Wildman–Crippen LogP) is 2.61. The van der Waals surface area contributed by atoms with Crippen molar-refractivity contribution in [1.29, 1.82) is 0 Å². The zero-order valence-electron chi connectivity index (χ0n) is 11.5. The van der Waals surface area contributed by atoms with E-state index in [0.29, 0.717) is 19.4 Å². The third kappa shape index (κ3) is 3.78. The SMILES string of the molecule is NCCCCC(Cc1ccc2ncccc2c1)C(=O)O. The van der Waals surface area contributed by atoms with Crippen molar-refractivity contribution in [2.24, 2.45) is 11.7 Å². The van der Waals surface area contributed by atoms with Gasteiger partial charge in [-0.15, -0.1) is 0 Å². The van der Waals surface area contributed by atoms with Crippen LogP contribution in [0.1, 0.15) is 24.8 Å². The van der Waals surface area contributed by atoms with Gasteiger partial charge in [-0.25, -0.2) is 0 Å². The molecule has 0 aliphatic carbocycles. The van der Waals surface area contributed by atoms with Crippen LogP contribution in [0.15, 0.2) is 36.5 Å². The second-order valence-corrected chi connectivity index (χ2v) is 5.05. The molecule has 3 N–H and O–H groups in total. The van der Waals surface area contributed by atoms with Crippen LogP contribution in [0.5, 0.6) is 0 Å². The summed E-state index contributed by atoms with van der Waals surface area (Å²) in [5.41, 5.74) is 7.43. The maximum absolute atomic E-state index is 11.3. The molecular formula is C16H20N2O2. The van der Waals surface area contributed by atoms with Gasteiger partial charge in [-0.05, 0) is 49.6 Å². The molecule has 0 amide bonds. The van der Waals surface area contributed by atoms with E-state index in [9.17, 15) is 9.90 Å². The van der Waals surface area contributed by atoms with Gasteiger partial charge in [-0.1, -0.05) is 18.6 Å². The van der Waals surface area contributed by atoms with E-state index < -0.39 is 5.97 Å². The van der Waals surface area contributed by atoms with Gasteiger partial charge in [0.15, 0.2) is 0 Å². The van der Waals surface area contributed by atoms with E-state index in [0.717, 1.165) is 29.3 Å². The van der Waals surface area contributed by atoms with Crippen molar-refractivity contribution in [2.45, 2.75) is 25.7 Å². The molecule has 1 unspecified atom stereocenters. The van der Waals surface area contributed by atoms with Gasteiger partial charge in [0.2, 0.25) is 0 Å². The minimum Gasteiger partial charge on any atom is -0.481 e. The van der Waals surface area contributed by atoms with E-state index in [1.54, 1.807) is 6.20 Å². The van der Waals surface area contributed by atoms with E-state index in [1.165, 1.54) is 0 Å². The second-order valence-electron chi connectivity index (χ2n) is 5.05. The van der Waals surface area contributed by atoms with Crippen molar-refractivity contribution < 1.29 is 9.90 Å². The van der Waals surface area contributed by atoms with Crippen LogP contribution in [-0.4, -0.2) is 22.6 Å². The Hall–Kier alpha value is -1.94.